The van der Waals surface area contributed by atoms with Crippen LogP contribution in [0.15, 0.2) is 27.7 Å². The molecule has 20 heavy (non-hydrogen) atoms. The highest BCUT2D eigenvalue weighted by Gasteiger charge is 2.36. The van der Waals surface area contributed by atoms with Crippen LogP contribution in [-0.4, -0.2) is 31.5 Å². The Morgan fingerprint density at radius 1 is 1.40 bits per heavy atom. The maximum atomic E-state index is 12.7. The number of ketones is 1. The van der Waals surface area contributed by atoms with E-state index in [9.17, 15) is 18.0 Å². The average molecular weight is 352 g/mol. The third kappa shape index (κ3) is 4.72. The SMILES string of the molecule is COCN=C(CC(=O)c1ccc(Br)c(C)c1)C(F)(F)F. The molecule has 0 fully saturated rings. The Morgan fingerprint density at radius 3 is 2.55 bits per heavy atom. The third-order valence-corrected chi connectivity index (χ3v) is 3.41. The van der Waals surface area contributed by atoms with Gasteiger partial charge < -0.3 is 4.74 Å². The molecule has 0 spiro atoms. The smallest absolute Gasteiger partial charge is 0.363 e. The molecule has 7 heteroatoms. The molecular weight excluding hydrogens is 339 g/mol. The number of aryl methyl sites for hydroxylation is 1. The summed E-state index contributed by atoms with van der Waals surface area (Å²) in [6.45, 7) is 1.33. The number of alkyl halides is 3. The summed E-state index contributed by atoms with van der Waals surface area (Å²) in [5, 5.41) is 0. The zero-order valence-corrected chi connectivity index (χ0v) is 12.5. The minimum absolute atomic E-state index is 0.222. The predicted octanol–water partition coefficient (Wildman–Crippen LogP) is 3.94. The molecule has 0 amide bonds. The van der Waals surface area contributed by atoms with Crippen molar-refractivity contribution in [2.75, 3.05) is 13.8 Å². The lowest BCUT2D eigenvalue weighted by molar-refractivity contribution is -0.0608. The molecule has 0 saturated heterocycles. The summed E-state index contributed by atoms with van der Waals surface area (Å²) in [7, 11) is 1.23. The van der Waals surface area contributed by atoms with Crippen LogP contribution >= 0.6 is 15.9 Å². The molecule has 1 aromatic rings. The zero-order valence-electron chi connectivity index (χ0n) is 10.9. The van der Waals surface area contributed by atoms with Gasteiger partial charge in [0.05, 0.1) is 6.42 Å². The quantitative estimate of drug-likeness (QED) is 0.595. The zero-order chi connectivity index (χ0) is 15.3. The van der Waals surface area contributed by atoms with Gasteiger partial charge in [0.2, 0.25) is 0 Å². The molecule has 1 rings (SSSR count). The van der Waals surface area contributed by atoms with Crippen molar-refractivity contribution in [1.82, 2.24) is 0 Å². The molecule has 0 atom stereocenters. The highest BCUT2D eigenvalue weighted by Crippen LogP contribution is 2.23. The molecule has 0 aromatic heterocycles. The first-order valence-corrected chi connectivity index (χ1v) is 6.43. The second-order valence-corrected chi connectivity index (χ2v) is 4.94. The van der Waals surface area contributed by atoms with Crippen molar-refractivity contribution in [2.45, 2.75) is 19.5 Å². The molecule has 0 N–H and O–H groups in total. The van der Waals surface area contributed by atoms with Crippen molar-refractivity contribution in [3.63, 3.8) is 0 Å². The topological polar surface area (TPSA) is 38.7 Å². The Morgan fingerprint density at radius 2 is 2.05 bits per heavy atom. The molecule has 0 radical (unpaired) electrons. The van der Waals surface area contributed by atoms with Gasteiger partial charge in [-0.3, -0.25) is 9.79 Å². The lowest BCUT2D eigenvalue weighted by Gasteiger charge is -2.10. The van der Waals surface area contributed by atoms with E-state index in [0.29, 0.717) is 0 Å². The molecule has 1 aromatic carbocycles. The van der Waals surface area contributed by atoms with Gasteiger partial charge in [-0.2, -0.15) is 13.2 Å². The fourth-order valence-corrected chi connectivity index (χ4v) is 1.71. The highest BCUT2D eigenvalue weighted by molar-refractivity contribution is 9.10. The summed E-state index contributed by atoms with van der Waals surface area (Å²) < 4.78 is 43.4. The molecule has 0 unspecified atom stereocenters. The predicted molar refractivity (Wildman–Crippen MR) is 73.2 cm³/mol. The number of ether oxygens (including phenoxy) is 1. The third-order valence-electron chi connectivity index (χ3n) is 2.52. The van der Waals surface area contributed by atoms with Gasteiger partial charge in [-0.1, -0.05) is 22.0 Å². The van der Waals surface area contributed by atoms with E-state index in [2.05, 4.69) is 25.7 Å². The van der Waals surface area contributed by atoms with Crippen molar-refractivity contribution >= 4 is 27.4 Å². The van der Waals surface area contributed by atoms with Gasteiger partial charge in [0.1, 0.15) is 12.4 Å². The van der Waals surface area contributed by atoms with Crippen molar-refractivity contribution < 1.29 is 22.7 Å². The maximum absolute atomic E-state index is 12.7. The van der Waals surface area contributed by atoms with Crippen LogP contribution in [0, 0.1) is 6.92 Å². The van der Waals surface area contributed by atoms with E-state index >= 15 is 0 Å². The Hall–Kier alpha value is -1.21. The van der Waals surface area contributed by atoms with Gasteiger partial charge >= 0.3 is 6.18 Å². The minimum Gasteiger partial charge on any atom is -0.363 e. The Labute approximate surface area is 123 Å². The van der Waals surface area contributed by atoms with Crippen LogP contribution in [0.3, 0.4) is 0 Å². The molecule has 0 aliphatic heterocycles. The van der Waals surface area contributed by atoms with Crippen molar-refractivity contribution in [2.24, 2.45) is 4.99 Å². The number of carbonyl (C=O) groups is 1. The Bertz CT molecular complexity index is 527. The number of Topliss-reactive ketones (excluding diaryl/α,β-unsaturated/α-hetero) is 1. The number of aliphatic imine (C=N–C) groups is 1. The van der Waals surface area contributed by atoms with Crippen LogP contribution in [0.1, 0.15) is 22.3 Å². The monoisotopic (exact) mass is 351 g/mol. The first kappa shape index (κ1) is 16.8. The number of benzene rings is 1. The van der Waals surface area contributed by atoms with Gasteiger partial charge in [0, 0.05) is 17.1 Å². The van der Waals surface area contributed by atoms with Crippen LogP contribution in [0.2, 0.25) is 0 Å². The van der Waals surface area contributed by atoms with Crippen molar-refractivity contribution in [1.29, 1.82) is 0 Å². The fourth-order valence-electron chi connectivity index (χ4n) is 1.46. The minimum atomic E-state index is -4.64. The van der Waals surface area contributed by atoms with Gasteiger partial charge in [-0.05, 0) is 24.6 Å². The first-order valence-electron chi connectivity index (χ1n) is 5.64. The Balaban J connectivity index is 2.93. The summed E-state index contributed by atoms with van der Waals surface area (Å²) >= 11 is 3.26. The van der Waals surface area contributed by atoms with Crippen LogP contribution in [0.5, 0.6) is 0 Å². The molecule has 3 nitrogen and oxygen atoms in total. The number of rotatable bonds is 5. The lowest BCUT2D eigenvalue weighted by atomic mass is 10.0. The molecule has 0 bridgehead atoms. The van der Waals surface area contributed by atoms with Gasteiger partial charge in [-0.25, -0.2) is 0 Å². The summed E-state index contributed by atoms with van der Waals surface area (Å²) in [6, 6.07) is 4.64. The lowest BCUT2D eigenvalue weighted by Crippen LogP contribution is -2.26. The summed E-state index contributed by atoms with van der Waals surface area (Å²) in [6.07, 6.45) is -5.44. The normalized spacial score (nSPS) is 12.6. The average Bonchev–Trinajstić information content (AvgIpc) is 2.36. The molecule has 0 heterocycles. The number of hydrogen-bond acceptors (Lipinski definition) is 3. The van der Waals surface area contributed by atoms with Crippen LogP contribution in [-0.2, 0) is 4.74 Å². The number of carbonyl (C=O) groups excluding carboxylic acids is 1. The van der Waals surface area contributed by atoms with Crippen LogP contribution < -0.4 is 0 Å². The summed E-state index contributed by atoms with van der Waals surface area (Å²) in [5.41, 5.74) is -0.136. The largest absolute Gasteiger partial charge is 0.429 e. The number of nitrogens with zero attached hydrogens (tertiary/aromatic N) is 1. The Kier molecular flexibility index (Phi) is 5.88. The summed E-state index contributed by atoms with van der Waals surface area (Å²) in [5.74, 6) is -0.632. The van der Waals surface area contributed by atoms with Crippen LogP contribution in [0.4, 0.5) is 13.2 Å². The number of methoxy groups -OCH3 is 1. The van der Waals surface area contributed by atoms with E-state index in [1.807, 2.05) is 0 Å². The van der Waals surface area contributed by atoms with E-state index < -0.39 is 30.8 Å². The molecular formula is C13H13BrF3NO2. The van der Waals surface area contributed by atoms with Gasteiger partial charge in [0.25, 0.3) is 0 Å². The van der Waals surface area contributed by atoms with Crippen molar-refractivity contribution in [3.05, 3.63) is 33.8 Å². The highest BCUT2D eigenvalue weighted by atomic mass is 79.9. The van der Waals surface area contributed by atoms with E-state index in [1.165, 1.54) is 19.2 Å². The standard InChI is InChI=1S/C13H13BrF3NO2/c1-8-5-9(3-4-10(8)14)11(19)6-12(13(15,16)17)18-7-20-2/h3-5H,6-7H2,1-2H3. The molecule has 0 saturated carbocycles. The number of hydrogen-bond donors (Lipinski definition) is 0. The molecule has 0 aliphatic rings. The summed E-state index contributed by atoms with van der Waals surface area (Å²) in [4.78, 5) is 15.1. The van der Waals surface area contributed by atoms with E-state index in [0.717, 1.165) is 10.0 Å². The fraction of sp³-hybridized carbons (Fsp3) is 0.385. The first-order chi connectivity index (χ1) is 9.25. The second kappa shape index (κ2) is 6.99. The van der Waals surface area contributed by atoms with E-state index in [1.54, 1.807) is 13.0 Å². The number of halogens is 4. The van der Waals surface area contributed by atoms with E-state index in [-0.39, 0.29) is 5.56 Å². The van der Waals surface area contributed by atoms with Crippen molar-refractivity contribution in [3.8, 4) is 0 Å². The molecule has 0 aliphatic carbocycles. The van der Waals surface area contributed by atoms with E-state index in [4.69, 9.17) is 0 Å². The van der Waals surface area contributed by atoms with Gasteiger partial charge in [0.15, 0.2) is 5.78 Å². The van der Waals surface area contributed by atoms with Gasteiger partial charge in [-0.15, -0.1) is 0 Å². The molecule has 110 valence electrons. The second-order valence-electron chi connectivity index (χ2n) is 4.08. The maximum Gasteiger partial charge on any atom is 0.429 e. The van der Waals surface area contributed by atoms with Crippen LogP contribution in [0.25, 0.3) is 0 Å².